The summed E-state index contributed by atoms with van der Waals surface area (Å²) in [7, 11) is -3.78. The number of pyridine rings is 1. The SMILES string of the molecule is O=S(=O)(Oc1ccccn1)c1ccccc1. The van der Waals surface area contributed by atoms with Crippen molar-refractivity contribution >= 4 is 10.1 Å². The van der Waals surface area contributed by atoms with Gasteiger partial charge in [-0.3, -0.25) is 0 Å². The molecule has 2 aromatic rings. The molecular weight excluding hydrogens is 226 g/mol. The average molecular weight is 235 g/mol. The first kappa shape index (κ1) is 10.6. The van der Waals surface area contributed by atoms with E-state index in [-0.39, 0.29) is 10.8 Å². The van der Waals surface area contributed by atoms with Crippen LogP contribution < -0.4 is 4.18 Å². The van der Waals surface area contributed by atoms with E-state index in [9.17, 15) is 8.42 Å². The Balaban J connectivity index is 2.29. The normalized spacial score (nSPS) is 11.0. The molecule has 0 fully saturated rings. The highest BCUT2D eigenvalue weighted by Gasteiger charge is 2.15. The van der Waals surface area contributed by atoms with Gasteiger partial charge in [0.2, 0.25) is 5.88 Å². The monoisotopic (exact) mass is 235 g/mol. The molecule has 0 N–H and O–H groups in total. The molecule has 0 aliphatic rings. The summed E-state index contributed by atoms with van der Waals surface area (Å²) in [6, 6.07) is 12.8. The lowest BCUT2D eigenvalue weighted by atomic mass is 10.4. The van der Waals surface area contributed by atoms with Crippen LogP contribution in [0.3, 0.4) is 0 Å². The summed E-state index contributed by atoms with van der Waals surface area (Å²) < 4.78 is 28.3. The third-order valence-corrected chi connectivity index (χ3v) is 3.10. The van der Waals surface area contributed by atoms with Gasteiger partial charge in [-0.2, -0.15) is 8.42 Å². The zero-order valence-electron chi connectivity index (χ0n) is 8.28. The van der Waals surface area contributed by atoms with E-state index < -0.39 is 10.1 Å². The lowest BCUT2D eigenvalue weighted by molar-refractivity contribution is 0.476. The van der Waals surface area contributed by atoms with Crippen LogP contribution in [-0.2, 0) is 10.1 Å². The van der Waals surface area contributed by atoms with Gasteiger partial charge >= 0.3 is 10.1 Å². The maximum Gasteiger partial charge on any atom is 0.340 e. The molecule has 4 nitrogen and oxygen atoms in total. The third kappa shape index (κ3) is 2.38. The maximum atomic E-state index is 11.7. The Hall–Kier alpha value is -1.88. The first-order chi connectivity index (χ1) is 7.68. The minimum atomic E-state index is -3.78. The summed E-state index contributed by atoms with van der Waals surface area (Å²) in [5.41, 5.74) is 0. The zero-order valence-corrected chi connectivity index (χ0v) is 9.09. The van der Waals surface area contributed by atoms with Crippen LogP contribution in [0, 0.1) is 0 Å². The second-order valence-corrected chi connectivity index (χ2v) is 4.56. The number of hydrogen-bond donors (Lipinski definition) is 0. The number of rotatable bonds is 3. The van der Waals surface area contributed by atoms with Gasteiger partial charge in [0.15, 0.2) is 0 Å². The quantitative estimate of drug-likeness (QED) is 0.762. The van der Waals surface area contributed by atoms with Crippen LogP contribution >= 0.6 is 0 Å². The minimum absolute atomic E-state index is 0.0614. The molecule has 5 heteroatoms. The summed E-state index contributed by atoms with van der Waals surface area (Å²) in [4.78, 5) is 3.90. The Morgan fingerprint density at radius 1 is 0.938 bits per heavy atom. The van der Waals surface area contributed by atoms with Crippen molar-refractivity contribution in [2.24, 2.45) is 0 Å². The molecule has 1 aromatic carbocycles. The molecule has 16 heavy (non-hydrogen) atoms. The van der Waals surface area contributed by atoms with Gasteiger partial charge < -0.3 is 4.18 Å². The molecule has 0 saturated carbocycles. The van der Waals surface area contributed by atoms with Gasteiger partial charge in [0.1, 0.15) is 4.90 Å². The van der Waals surface area contributed by atoms with E-state index >= 15 is 0 Å². The van der Waals surface area contributed by atoms with E-state index in [0.717, 1.165) is 0 Å². The Morgan fingerprint density at radius 3 is 2.25 bits per heavy atom. The first-order valence-corrected chi connectivity index (χ1v) is 6.00. The molecule has 1 heterocycles. The standard InChI is InChI=1S/C11H9NO3S/c13-16(14,10-6-2-1-3-7-10)15-11-8-4-5-9-12-11/h1-9H. The van der Waals surface area contributed by atoms with Crippen LogP contribution in [0.25, 0.3) is 0 Å². The van der Waals surface area contributed by atoms with Crippen molar-refractivity contribution in [3.63, 3.8) is 0 Å². The lowest BCUT2D eigenvalue weighted by Gasteiger charge is -2.04. The van der Waals surface area contributed by atoms with Crippen LogP contribution in [-0.4, -0.2) is 13.4 Å². The number of benzene rings is 1. The van der Waals surface area contributed by atoms with E-state index in [4.69, 9.17) is 4.18 Å². The molecule has 0 spiro atoms. The van der Waals surface area contributed by atoms with Gasteiger partial charge in [0.05, 0.1) is 0 Å². The van der Waals surface area contributed by atoms with Gasteiger partial charge in [-0.15, -0.1) is 0 Å². The number of hydrogen-bond acceptors (Lipinski definition) is 4. The van der Waals surface area contributed by atoms with Crippen molar-refractivity contribution in [1.29, 1.82) is 0 Å². The van der Waals surface area contributed by atoms with Crippen molar-refractivity contribution in [3.05, 3.63) is 54.7 Å². The van der Waals surface area contributed by atoms with Gasteiger partial charge in [0, 0.05) is 12.3 Å². The topological polar surface area (TPSA) is 56.3 Å². The highest BCUT2D eigenvalue weighted by molar-refractivity contribution is 7.87. The van der Waals surface area contributed by atoms with Crippen molar-refractivity contribution in [2.45, 2.75) is 4.90 Å². The number of nitrogens with zero attached hydrogens (tertiary/aromatic N) is 1. The molecular formula is C11H9NO3S. The Bertz CT molecular complexity index is 552. The summed E-state index contributed by atoms with van der Waals surface area (Å²) in [5.74, 6) is 0.0614. The van der Waals surface area contributed by atoms with E-state index in [1.807, 2.05) is 0 Å². The fourth-order valence-electron chi connectivity index (χ4n) is 1.14. The van der Waals surface area contributed by atoms with E-state index in [1.54, 1.807) is 30.3 Å². The minimum Gasteiger partial charge on any atom is -0.358 e. The van der Waals surface area contributed by atoms with Crippen LogP contribution in [0.2, 0.25) is 0 Å². The molecule has 0 atom stereocenters. The van der Waals surface area contributed by atoms with E-state index in [0.29, 0.717) is 0 Å². The van der Waals surface area contributed by atoms with Crippen molar-refractivity contribution in [2.75, 3.05) is 0 Å². The predicted octanol–water partition coefficient (Wildman–Crippen LogP) is 1.85. The van der Waals surface area contributed by atoms with Crippen LogP contribution in [0.15, 0.2) is 59.6 Å². The Labute approximate surface area is 93.7 Å². The molecule has 0 amide bonds. The molecule has 0 unspecified atom stereocenters. The van der Waals surface area contributed by atoms with E-state index in [1.165, 1.54) is 24.4 Å². The summed E-state index contributed by atoms with van der Waals surface area (Å²) in [5, 5.41) is 0. The fourth-order valence-corrected chi connectivity index (χ4v) is 2.05. The molecule has 1 aromatic heterocycles. The second kappa shape index (κ2) is 4.32. The maximum absolute atomic E-state index is 11.7. The van der Waals surface area contributed by atoms with Crippen molar-refractivity contribution < 1.29 is 12.6 Å². The second-order valence-electron chi connectivity index (χ2n) is 3.02. The number of aromatic nitrogens is 1. The molecule has 0 aliphatic heterocycles. The fraction of sp³-hybridized carbons (Fsp3) is 0. The molecule has 82 valence electrons. The van der Waals surface area contributed by atoms with Gasteiger partial charge in [-0.1, -0.05) is 24.3 Å². The third-order valence-electron chi connectivity index (χ3n) is 1.86. The molecule has 2 rings (SSSR count). The Morgan fingerprint density at radius 2 is 1.62 bits per heavy atom. The summed E-state index contributed by atoms with van der Waals surface area (Å²) in [6.07, 6.45) is 1.47. The first-order valence-electron chi connectivity index (χ1n) is 4.59. The van der Waals surface area contributed by atoms with Gasteiger partial charge in [-0.05, 0) is 18.2 Å². The lowest BCUT2D eigenvalue weighted by Crippen LogP contribution is -2.10. The smallest absolute Gasteiger partial charge is 0.340 e. The average Bonchev–Trinajstić information content (AvgIpc) is 2.31. The largest absolute Gasteiger partial charge is 0.358 e. The van der Waals surface area contributed by atoms with Gasteiger partial charge in [0.25, 0.3) is 0 Å². The van der Waals surface area contributed by atoms with Crippen LogP contribution in [0.4, 0.5) is 0 Å². The molecule has 0 saturated heterocycles. The molecule has 0 bridgehead atoms. The van der Waals surface area contributed by atoms with E-state index in [2.05, 4.69) is 4.98 Å². The predicted molar refractivity (Wildman–Crippen MR) is 58.5 cm³/mol. The van der Waals surface area contributed by atoms with Crippen LogP contribution in [0.5, 0.6) is 5.88 Å². The summed E-state index contributed by atoms with van der Waals surface area (Å²) in [6.45, 7) is 0. The van der Waals surface area contributed by atoms with Gasteiger partial charge in [-0.25, -0.2) is 4.98 Å². The molecule has 0 radical (unpaired) electrons. The highest BCUT2D eigenvalue weighted by atomic mass is 32.2. The summed E-state index contributed by atoms with van der Waals surface area (Å²) >= 11 is 0. The highest BCUT2D eigenvalue weighted by Crippen LogP contribution is 2.15. The molecule has 0 aliphatic carbocycles. The van der Waals surface area contributed by atoms with Crippen molar-refractivity contribution in [3.8, 4) is 5.88 Å². The zero-order chi connectivity index (χ0) is 11.4. The van der Waals surface area contributed by atoms with Crippen molar-refractivity contribution in [1.82, 2.24) is 4.98 Å². The Kier molecular flexibility index (Phi) is 2.87. The van der Waals surface area contributed by atoms with Crippen LogP contribution in [0.1, 0.15) is 0 Å².